The van der Waals surface area contributed by atoms with Gasteiger partial charge in [0.15, 0.2) is 0 Å². The minimum atomic E-state index is -3.56. The maximum atomic E-state index is 12.9. The molecule has 0 unspecified atom stereocenters. The van der Waals surface area contributed by atoms with E-state index in [9.17, 15) is 18.4 Å². The number of halogens is 2. The molecule has 0 amide bonds. The van der Waals surface area contributed by atoms with E-state index in [2.05, 4.69) is 4.74 Å². The third-order valence-corrected chi connectivity index (χ3v) is 6.55. The summed E-state index contributed by atoms with van der Waals surface area (Å²) in [5, 5.41) is 0. The van der Waals surface area contributed by atoms with Crippen LogP contribution in [0.3, 0.4) is 0 Å². The van der Waals surface area contributed by atoms with Crippen LogP contribution < -0.4 is 0 Å². The van der Waals surface area contributed by atoms with Crippen LogP contribution in [0.5, 0.6) is 0 Å². The van der Waals surface area contributed by atoms with Crippen molar-refractivity contribution in [3.05, 3.63) is 0 Å². The van der Waals surface area contributed by atoms with E-state index in [1.165, 1.54) is 6.42 Å². The number of carbonyl (C=O) groups excluding carboxylic acids is 2. The van der Waals surface area contributed by atoms with Gasteiger partial charge >= 0.3 is 17.9 Å². The lowest BCUT2D eigenvalue weighted by Gasteiger charge is -2.59. The fraction of sp³-hybridized carbons (Fsp3) is 0.895. The predicted octanol–water partition coefficient (Wildman–Crippen LogP) is 3.97. The molecular weight excluding hydrogens is 330 g/mol. The lowest BCUT2D eigenvalue weighted by molar-refractivity contribution is -0.214. The van der Waals surface area contributed by atoms with Crippen LogP contribution in [0.25, 0.3) is 0 Å². The van der Waals surface area contributed by atoms with E-state index in [0.29, 0.717) is 18.8 Å². The molecular formula is C19H28F2O4. The molecule has 4 aliphatic rings. The first-order valence-corrected chi connectivity index (χ1v) is 9.20. The van der Waals surface area contributed by atoms with Gasteiger partial charge in [0.25, 0.3) is 0 Å². The van der Waals surface area contributed by atoms with Gasteiger partial charge in [-0.1, -0.05) is 0 Å². The van der Waals surface area contributed by atoms with E-state index in [-0.39, 0.29) is 0 Å². The predicted molar refractivity (Wildman–Crippen MR) is 86.9 cm³/mol. The molecule has 0 heterocycles. The Morgan fingerprint density at radius 1 is 0.960 bits per heavy atom. The molecule has 4 fully saturated rings. The van der Waals surface area contributed by atoms with Crippen molar-refractivity contribution in [1.82, 2.24) is 0 Å². The number of rotatable bonds is 5. The van der Waals surface area contributed by atoms with Crippen LogP contribution in [-0.4, -0.2) is 30.1 Å². The van der Waals surface area contributed by atoms with Gasteiger partial charge < -0.3 is 9.47 Å². The largest absolute Gasteiger partial charge is 0.460 e. The first-order valence-electron chi connectivity index (χ1n) is 9.20. The highest BCUT2D eigenvalue weighted by molar-refractivity contribution is 5.79. The molecule has 142 valence electrons. The van der Waals surface area contributed by atoms with Crippen molar-refractivity contribution < 1.29 is 27.8 Å². The minimum Gasteiger partial charge on any atom is -0.460 e. The van der Waals surface area contributed by atoms with Crippen molar-refractivity contribution in [2.75, 3.05) is 6.61 Å². The first kappa shape index (κ1) is 18.6. The molecule has 0 atom stereocenters. The highest BCUT2D eigenvalue weighted by atomic mass is 19.3. The fourth-order valence-electron chi connectivity index (χ4n) is 5.06. The Labute approximate surface area is 147 Å². The highest BCUT2D eigenvalue weighted by Gasteiger charge is 2.57. The van der Waals surface area contributed by atoms with Crippen LogP contribution in [0, 0.1) is 29.1 Å². The molecule has 0 aliphatic heterocycles. The molecule has 0 saturated heterocycles. The number of hydrogen-bond donors (Lipinski definition) is 0. The smallest absolute Gasteiger partial charge is 0.376 e. The van der Waals surface area contributed by atoms with Crippen molar-refractivity contribution in [2.24, 2.45) is 29.1 Å². The van der Waals surface area contributed by atoms with Gasteiger partial charge in [-0.05, 0) is 76.5 Å². The summed E-state index contributed by atoms with van der Waals surface area (Å²) >= 11 is 0. The first-order chi connectivity index (χ1) is 11.4. The van der Waals surface area contributed by atoms with Gasteiger partial charge in [-0.2, -0.15) is 8.78 Å². The van der Waals surface area contributed by atoms with Crippen molar-refractivity contribution in [3.63, 3.8) is 0 Å². The normalized spacial score (nSPS) is 37.0. The zero-order valence-electron chi connectivity index (χ0n) is 15.4. The molecule has 25 heavy (non-hydrogen) atoms. The van der Waals surface area contributed by atoms with Crippen molar-refractivity contribution >= 4 is 11.9 Å². The lowest BCUT2D eigenvalue weighted by atomic mass is 9.50. The Kier molecular flexibility index (Phi) is 4.40. The molecule has 0 N–H and O–H groups in total. The van der Waals surface area contributed by atoms with Crippen LogP contribution >= 0.6 is 0 Å². The second-order valence-electron chi connectivity index (χ2n) is 9.23. The summed E-state index contributed by atoms with van der Waals surface area (Å²) in [6.07, 6.45) is 5.73. The fourth-order valence-corrected chi connectivity index (χ4v) is 5.06. The maximum absolute atomic E-state index is 12.9. The van der Waals surface area contributed by atoms with Crippen LogP contribution in [0.4, 0.5) is 8.78 Å². The average Bonchev–Trinajstić information content (AvgIpc) is 2.48. The zero-order valence-corrected chi connectivity index (χ0v) is 15.4. The zero-order chi connectivity index (χ0) is 18.6. The van der Waals surface area contributed by atoms with E-state index in [0.717, 1.165) is 37.5 Å². The van der Waals surface area contributed by atoms with E-state index in [1.807, 2.05) is 6.92 Å². The topological polar surface area (TPSA) is 52.6 Å². The molecule has 0 radical (unpaired) electrons. The van der Waals surface area contributed by atoms with E-state index in [1.54, 1.807) is 13.8 Å². The van der Waals surface area contributed by atoms with Crippen LogP contribution in [-0.2, 0) is 19.1 Å². The molecule has 4 saturated carbocycles. The van der Waals surface area contributed by atoms with Gasteiger partial charge in [-0.3, -0.25) is 4.79 Å². The Balaban J connectivity index is 1.64. The maximum Gasteiger partial charge on any atom is 0.376 e. The van der Waals surface area contributed by atoms with Gasteiger partial charge in [-0.25, -0.2) is 4.79 Å². The number of carbonyl (C=O) groups is 2. The number of hydrogen-bond acceptors (Lipinski definition) is 4. The average molecular weight is 358 g/mol. The second-order valence-corrected chi connectivity index (χ2v) is 9.23. The van der Waals surface area contributed by atoms with Gasteiger partial charge in [0, 0.05) is 6.92 Å². The van der Waals surface area contributed by atoms with Crippen molar-refractivity contribution in [3.8, 4) is 0 Å². The van der Waals surface area contributed by atoms with E-state index in [4.69, 9.17) is 4.74 Å². The van der Waals surface area contributed by atoms with Gasteiger partial charge in [0.1, 0.15) is 12.2 Å². The van der Waals surface area contributed by atoms with Crippen LogP contribution in [0.15, 0.2) is 0 Å². The van der Waals surface area contributed by atoms with Gasteiger partial charge in [-0.15, -0.1) is 0 Å². The monoisotopic (exact) mass is 358 g/mol. The van der Waals surface area contributed by atoms with Crippen molar-refractivity contribution in [2.45, 2.75) is 71.3 Å². The molecule has 4 nitrogen and oxygen atoms in total. The Morgan fingerprint density at radius 2 is 1.44 bits per heavy atom. The number of ether oxygens (including phenoxy) is 2. The van der Waals surface area contributed by atoms with Crippen LogP contribution in [0.1, 0.15) is 59.8 Å². The summed E-state index contributed by atoms with van der Waals surface area (Å²) in [5.74, 6) is -3.38. The quantitative estimate of drug-likeness (QED) is 0.698. The summed E-state index contributed by atoms with van der Waals surface area (Å²) < 4.78 is 36.5. The molecule has 6 heteroatoms. The molecule has 0 spiro atoms. The number of alkyl halides is 2. The molecule has 4 bridgehead atoms. The van der Waals surface area contributed by atoms with Crippen molar-refractivity contribution in [1.29, 1.82) is 0 Å². The minimum absolute atomic E-state index is 0.381. The molecule has 0 aromatic rings. The highest BCUT2D eigenvalue weighted by Crippen LogP contribution is 2.59. The molecule has 0 aromatic carbocycles. The Morgan fingerprint density at radius 3 is 1.88 bits per heavy atom. The Bertz CT molecular complexity index is 536. The van der Waals surface area contributed by atoms with E-state index < -0.39 is 35.5 Å². The molecule has 4 rings (SSSR count). The molecule has 4 aliphatic carbocycles. The second kappa shape index (κ2) is 5.92. The molecule has 0 aromatic heterocycles. The summed E-state index contributed by atoms with van der Waals surface area (Å²) in [7, 11) is 0. The SMILES string of the molecule is CC(F)(F)C(=O)OCC(C)(C)C(=O)OC1(C)C2CC3CC(C2)CC1C3. The third-order valence-electron chi connectivity index (χ3n) is 6.55. The number of esters is 2. The lowest BCUT2D eigenvalue weighted by Crippen LogP contribution is -2.59. The summed E-state index contributed by atoms with van der Waals surface area (Å²) in [5.41, 5.74) is -1.64. The van der Waals surface area contributed by atoms with Crippen LogP contribution in [0.2, 0.25) is 0 Å². The Hall–Kier alpha value is -1.20. The van der Waals surface area contributed by atoms with Gasteiger partial charge in [0.05, 0.1) is 5.41 Å². The summed E-state index contributed by atoms with van der Waals surface area (Å²) in [6.45, 7) is 5.23. The van der Waals surface area contributed by atoms with E-state index >= 15 is 0 Å². The van der Waals surface area contributed by atoms with Gasteiger partial charge in [0.2, 0.25) is 0 Å². The standard InChI is InChI=1S/C19H28F2O4/c1-17(2,10-24-16(23)19(4,20)21)15(22)25-18(3)13-6-11-5-12(8-13)9-14(18)7-11/h11-14H,5-10H2,1-4H3. The summed E-state index contributed by atoms with van der Waals surface area (Å²) in [4.78, 5) is 24.0. The third kappa shape index (κ3) is 3.41. The summed E-state index contributed by atoms with van der Waals surface area (Å²) in [6, 6.07) is 0.